The summed E-state index contributed by atoms with van der Waals surface area (Å²) in [6, 6.07) is 22.1. The predicted molar refractivity (Wildman–Crippen MR) is 119 cm³/mol. The monoisotopic (exact) mass is 408 g/mol. The molecule has 0 amide bonds. The highest BCUT2D eigenvalue weighted by molar-refractivity contribution is 7.02. The highest BCUT2D eigenvalue weighted by atomic mass is 28.3. The fourth-order valence-corrected chi connectivity index (χ4v) is 7.47. The number of hydrogen-bond donors (Lipinski definition) is 0. The Bertz CT molecular complexity index is 757. The zero-order valence-electron chi connectivity index (χ0n) is 17.0. The average molecular weight is 409 g/mol. The molecule has 0 spiro atoms. The molecule has 0 saturated heterocycles. The summed E-state index contributed by atoms with van der Waals surface area (Å²) in [5.41, 5.74) is 0. The van der Waals surface area contributed by atoms with Crippen LogP contribution in [0.5, 0.6) is 0 Å². The normalized spacial score (nSPS) is 11.7. The lowest BCUT2D eigenvalue weighted by Crippen LogP contribution is -2.57. The van der Waals surface area contributed by atoms with E-state index in [1.54, 1.807) is 13.8 Å². The topological polar surface area (TPSA) is 52.6 Å². The fourth-order valence-electron chi connectivity index (χ4n) is 3.33. The second kappa shape index (κ2) is 11.8. The molecule has 5 heteroatoms. The van der Waals surface area contributed by atoms with Crippen LogP contribution in [0, 0.1) is 0 Å². The molecule has 0 heterocycles. The lowest BCUT2D eigenvalue weighted by molar-refractivity contribution is -0.138. The van der Waals surface area contributed by atoms with Crippen molar-refractivity contribution in [2.45, 2.75) is 25.9 Å². The van der Waals surface area contributed by atoms with E-state index < -0.39 is 8.07 Å². The molecule has 0 fully saturated rings. The minimum atomic E-state index is -2.32. The second-order valence-corrected chi connectivity index (χ2v) is 10.7. The smallest absolute Gasteiger partial charge is 0.330 e. The number of carbonyl (C=O) groups is 2. The molecular weight excluding hydrogens is 380 g/mol. The summed E-state index contributed by atoms with van der Waals surface area (Å²) in [6.45, 7) is 4.29. The Morgan fingerprint density at radius 1 is 0.724 bits per heavy atom. The summed E-state index contributed by atoms with van der Waals surface area (Å²) in [5.74, 6) is -0.669. The van der Waals surface area contributed by atoms with Crippen molar-refractivity contribution < 1.29 is 19.1 Å². The van der Waals surface area contributed by atoms with Crippen LogP contribution < -0.4 is 10.4 Å². The van der Waals surface area contributed by atoms with E-state index in [4.69, 9.17) is 9.47 Å². The Morgan fingerprint density at radius 2 is 1.10 bits per heavy atom. The van der Waals surface area contributed by atoms with E-state index in [2.05, 4.69) is 24.3 Å². The van der Waals surface area contributed by atoms with Gasteiger partial charge in [-0.1, -0.05) is 83.2 Å². The van der Waals surface area contributed by atoms with Crippen molar-refractivity contribution in [2.75, 3.05) is 13.2 Å². The van der Waals surface area contributed by atoms with E-state index in [1.165, 1.54) is 22.5 Å². The van der Waals surface area contributed by atoms with Gasteiger partial charge in [0.1, 0.15) is 8.07 Å². The third-order valence-electron chi connectivity index (χ3n) is 4.67. The van der Waals surface area contributed by atoms with Gasteiger partial charge in [0, 0.05) is 12.2 Å². The first-order valence-electron chi connectivity index (χ1n) is 9.90. The van der Waals surface area contributed by atoms with Crippen LogP contribution in [0.15, 0.2) is 85.0 Å². The van der Waals surface area contributed by atoms with Crippen LogP contribution in [-0.4, -0.2) is 33.2 Å². The molecule has 0 bridgehead atoms. The van der Waals surface area contributed by atoms with E-state index >= 15 is 0 Å². The molecule has 0 unspecified atom stereocenters. The van der Waals surface area contributed by atoms with Crippen LogP contribution in [0.1, 0.15) is 13.8 Å². The van der Waals surface area contributed by atoms with Crippen molar-refractivity contribution in [1.82, 2.24) is 0 Å². The number of hydrogen-bond acceptors (Lipinski definition) is 4. The van der Waals surface area contributed by atoms with Crippen molar-refractivity contribution in [1.29, 1.82) is 0 Å². The quantitative estimate of drug-likeness (QED) is 0.343. The Balaban J connectivity index is 2.44. The molecule has 29 heavy (non-hydrogen) atoms. The van der Waals surface area contributed by atoms with Crippen LogP contribution in [0.25, 0.3) is 0 Å². The standard InChI is InChI=1S/C24H28O4Si/c1-3-27-23(25)17-11-19-29(21-13-7-5-8-14-21,22-15-9-6-10-16-22)20-12-18-24(26)28-4-2/h5-18H,3-4,19-20H2,1-2H3/b17-11+,18-12+. The first-order valence-corrected chi connectivity index (χ1v) is 12.3. The first kappa shape index (κ1) is 22.4. The summed E-state index contributed by atoms with van der Waals surface area (Å²) in [5, 5.41) is 2.49. The van der Waals surface area contributed by atoms with Crippen LogP contribution >= 0.6 is 0 Å². The van der Waals surface area contributed by atoms with Crippen LogP contribution in [-0.2, 0) is 19.1 Å². The van der Waals surface area contributed by atoms with Gasteiger partial charge in [0.2, 0.25) is 0 Å². The van der Waals surface area contributed by atoms with Crippen LogP contribution in [0.2, 0.25) is 12.1 Å². The highest BCUT2D eigenvalue weighted by Gasteiger charge is 2.35. The maximum Gasteiger partial charge on any atom is 0.330 e. The minimum absolute atomic E-state index is 0.335. The second-order valence-electron chi connectivity index (χ2n) is 6.53. The largest absolute Gasteiger partial charge is 0.463 e. The Kier molecular flexibility index (Phi) is 9.11. The number of esters is 2. The van der Waals surface area contributed by atoms with Crippen molar-refractivity contribution >= 4 is 30.4 Å². The molecule has 0 aliphatic carbocycles. The van der Waals surface area contributed by atoms with E-state index in [9.17, 15) is 9.59 Å². The average Bonchev–Trinajstić information content (AvgIpc) is 2.74. The van der Waals surface area contributed by atoms with Gasteiger partial charge in [0.25, 0.3) is 0 Å². The molecule has 4 nitrogen and oxygen atoms in total. The third-order valence-corrected chi connectivity index (χ3v) is 9.41. The van der Waals surface area contributed by atoms with E-state index in [0.29, 0.717) is 25.3 Å². The Hall–Kier alpha value is -2.92. The Labute approximate surface area is 173 Å². The molecule has 152 valence electrons. The molecule has 2 aromatic carbocycles. The van der Waals surface area contributed by atoms with Crippen LogP contribution in [0.4, 0.5) is 0 Å². The molecule has 2 aromatic rings. The van der Waals surface area contributed by atoms with Gasteiger partial charge >= 0.3 is 11.9 Å². The number of rotatable bonds is 10. The van der Waals surface area contributed by atoms with Gasteiger partial charge in [-0.2, -0.15) is 0 Å². The van der Waals surface area contributed by atoms with Gasteiger partial charge in [0.05, 0.1) is 13.2 Å². The number of allylic oxidation sites excluding steroid dienone is 2. The molecule has 0 N–H and O–H groups in total. The lowest BCUT2D eigenvalue weighted by atomic mass is 10.4. The molecule has 0 atom stereocenters. The van der Waals surface area contributed by atoms with Gasteiger partial charge in [-0.15, -0.1) is 0 Å². The predicted octanol–water partition coefficient (Wildman–Crippen LogP) is 3.49. The van der Waals surface area contributed by atoms with Gasteiger partial charge in [-0.3, -0.25) is 0 Å². The van der Waals surface area contributed by atoms with Crippen molar-refractivity contribution in [2.24, 2.45) is 0 Å². The zero-order chi connectivity index (χ0) is 21.0. The number of ether oxygens (including phenoxy) is 2. The summed E-state index contributed by atoms with van der Waals surface area (Å²) < 4.78 is 10.0. The summed E-state index contributed by atoms with van der Waals surface area (Å²) >= 11 is 0. The lowest BCUT2D eigenvalue weighted by Gasteiger charge is -2.31. The molecule has 0 aliphatic heterocycles. The third kappa shape index (κ3) is 6.57. The van der Waals surface area contributed by atoms with Gasteiger partial charge in [-0.25, -0.2) is 9.59 Å². The summed E-state index contributed by atoms with van der Waals surface area (Å²) in [6.07, 6.45) is 6.82. The maximum absolute atomic E-state index is 11.8. The molecule has 2 rings (SSSR count). The van der Waals surface area contributed by atoms with Gasteiger partial charge < -0.3 is 9.47 Å². The van der Waals surface area contributed by atoms with Crippen molar-refractivity contribution in [3.05, 3.63) is 85.0 Å². The Morgan fingerprint density at radius 3 is 1.45 bits per heavy atom. The number of carbonyl (C=O) groups excluding carboxylic acids is 2. The molecule has 0 saturated carbocycles. The fraction of sp³-hybridized carbons (Fsp3) is 0.250. The van der Waals surface area contributed by atoms with E-state index in [0.717, 1.165) is 0 Å². The first-order chi connectivity index (χ1) is 14.1. The SMILES string of the molecule is CCOC(=O)/C=C/C[Si](C/C=C/C(=O)OCC)(c1ccccc1)c1ccccc1. The highest BCUT2D eigenvalue weighted by Crippen LogP contribution is 2.19. The van der Waals surface area contributed by atoms with E-state index in [1.807, 2.05) is 48.6 Å². The molecule has 0 radical (unpaired) electrons. The summed E-state index contributed by atoms with van der Waals surface area (Å²) in [7, 11) is -2.32. The maximum atomic E-state index is 11.8. The van der Waals surface area contributed by atoms with Crippen molar-refractivity contribution in [3.63, 3.8) is 0 Å². The number of benzene rings is 2. The zero-order valence-corrected chi connectivity index (χ0v) is 18.0. The summed E-state index contributed by atoms with van der Waals surface area (Å²) in [4.78, 5) is 23.6. The van der Waals surface area contributed by atoms with Gasteiger partial charge in [-0.05, 0) is 25.9 Å². The molecule has 0 aliphatic rings. The van der Waals surface area contributed by atoms with Gasteiger partial charge in [0.15, 0.2) is 0 Å². The van der Waals surface area contributed by atoms with Crippen LogP contribution in [0.3, 0.4) is 0 Å². The molecule has 0 aromatic heterocycles. The minimum Gasteiger partial charge on any atom is -0.463 e. The van der Waals surface area contributed by atoms with Crippen molar-refractivity contribution in [3.8, 4) is 0 Å². The molecular formula is C24H28O4Si. The van der Waals surface area contributed by atoms with E-state index in [-0.39, 0.29) is 11.9 Å².